The van der Waals surface area contributed by atoms with Gasteiger partial charge in [0.15, 0.2) is 4.21 Å². The van der Waals surface area contributed by atoms with Crippen LogP contribution >= 0.6 is 11.3 Å². The van der Waals surface area contributed by atoms with Crippen LogP contribution in [-0.4, -0.2) is 41.9 Å². The molecule has 0 spiro atoms. The molecule has 1 aliphatic heterocycles. The standard InChI is InChI=1S/C10H14N2O5S2/c1-5-3-12(4-7(5)8(13)14)19(16,17)9-6(2)11-10(15)18-9/h5,7H,3-4H2,1-2H3,(H,11,15)(H,13,14)/t5-,7-/m1/s1. The number of thiazole rings is 1. The molecule has 0 amide bonds. The fourth-order valence-electron chi connectivity index (χ4n) is 2.19. The van der Waals surface area contributed by atoms with Gasteiger partial charge in [0.2, 0.25) is 0 Å². The van der Waals surface area contributed by atoms with E-state index in [1.807, 2.05) is 0 Å². The average Bonchev–Trinajstić information content (AvgIpc) is 2.82. The first-order chi connectivity index (χ1) is 8.73. The summed E-state index contributed by atoms with van der Waals surface area (Å²) in [5.41, 5.74) is 0.293. The summed E-state index contributed by atoms with van der Waals surface area (Å²) in [5, 5.41) is 9.02. The zero-order valence-corrected chi connectivity index (χ0v) is 12.0. The van der Waals surface area contributed by atoms with Crippen LogP contribution in [0.15, 0.2) is 9.00 Å². The molecule has 0 saturated carbocycles. The van der Waals surface area contributed by atoms with Crippen molar-refractivity contribution >= 4 is 27.3 Å². The molecule has 106 valence electrons. The Hall–Kier alpha value is -1.19. The van der Waals surface area contributed by atoms with Crippen LogP contribution in [0, 0.1) is 18.8 Å². The lowest BCUT2D eigenvalue weighted by Crippen LogP contribution is -2.30. The summed E-state index contributed by atoms with van der Waals surface area (Å²) in [4.78, 5) is 24.2. The van der Waals surface area contributed by atoms with Gasteiger partial charge in [0.05, 0.1) is 5.92 Å². The summed E-state index contributed by atoms with van der Waals surface area (Å²) in [6.45, 7) is 3.33. The molecule has 9 heteroatoms. The number of carboxylic acid groups (broad SMARTS) is 1. The van der Waals surface area contributed by atoms with Crippen LogP contribution < -0.4 is 4.87 Å². The number of aromatic nitrogens is 1. The number of hydrogen-bond donors (Lipinski definition) is 2. The highest BCUT2D eigenvalue weighted by molar-refractivity contribution is 7.91. The van der Waals surface area contributed by atoms with Crippen molar-refractivity contribution in [2.24, 2.45) is 11.8 Å². The molecule has 1 aromatic rings. The van der Waals surface area contributed by atoms with Crippen molar-refractivity contribution in [3.8, 4) is 0 Å². The molecule has 1 aliphatic rings. The molecule has 2 rings (SSSR count). The van der Waals surface area contributed by atoms with Gasteiger partial charge in [-0.2, -0.15) is 4.31 Å². The van der Waals surface area contributed by atoms with Gasteiger partial charge < -0.3 is 10.1 Å². The molecular weight excluding hydrogens is 292 g/mol. The molecule has 0 bridgehead atoms. The van der Waals surface area contributed by atoms with Crippen molar-refractivity contribution in [2.75, 3.05) is 13.1 Å². The van der Waals surface area contributed by atoms with Crippen molar-refractivity contribution in [2.45, 2.75) is 18.1 Å². The van der Waals surface area contributed by atoms with E-state index in [4.69, 9.17) is 5.11 Å². The largest absolute Gasteiger partial charge is 0.481 e. The number of aromatic amines is 1. The normalized spacial score (nSPS) is 24.7. The van der Waals surface area contributed by atoms with Crippen LogP contribution in [0.1, 0.15) is 12.6 Å². The van der Waals surface area contributed by atoms with Gasteiger partial charge in [-0.05, 0) is 12.8 Å². The number of sulfonamides is 1. The Morgan fingerprint density at radius 3 is 2.53 bits per heavy atom. The molecule has 0 aromatic carbocycles. The predicted octanol–water partition coefficient (Wildman–Crippen LogP) is 0.0860. The van der Waals surface area contributed by atoms with Gasteiger partial charge in [-0.3, -0.25) is 9.59 Å². The monoisotopic (exact) mass is 306 g/mol. The van der Waals surface area contributed by atoms with Gasteiger partial charge in [-0.1, -0.05) is 18.3 Å². The first-order valence-electron chi connectivity index (χ1n) is 5.66. The molecular formula is C10H14N2O5S2. The van der Waals surface area contributed by atoms with Crippen molar-refractivity contribution in [1.29, 1.82) is 0 Å². The smallest absolute Gasteiger partial charge is 0.308 e. The van der Waals surface area contributed by atoms with E-state index in [1.165, 1.54) is 6.92 Å². The lowest BCUT2D eigenvalue weighted by Gasteiger charge is -2.14. The maximum atomic E-state index is 12.4. The van der Waals surface area contributed by atoms with E-state index < -0.39 is 26.8 Å². The first kappa shape index (κ1) is 14.2. The number of aliphatic carboxylic acids is 1. The third-order valence-electron chi connectivity index (χ3n) is 3.25. The Bertz CT molecular complexity index is 660. The Morgan fingerprint density at radius 2 is 2.11 bits per heavy atom. The van der Waals surface area contributed by atoms with E-state index in [0.717, 1.165) is 4.31 Å². The van der Waals surface area contributed by atoms with Crippen LogP contribution in [0.3, 0.4) is 0 Å². The number of nitrogens with zero attached hydrogens (tertiary/aromatic N) is 1. The highest BCUT2D eigenvalue weighted by atomic mass is 32.2. The van der Waals surface area contributed by atoms with E-state index in [0.29, 0.717) is 17.0 Å². The first-order valence-corrected chi connectivity index (χ1v) is 7.92. The van der Waals surface area contributed by atoms with Crippen LogP contribution in [0.4, 0.5) is 0 Å². The van der Waals surface area contributed by atoms with Crippen molar-refractivity contribution in [3.05, 3.63) is 15.4 Å². The molecule has 1 aromatic heterocycles. The molecule has 2 atom stereocenters. The van der Waals surface area contributed by atoms with E-state index in [9.17, 15) is 18.0 Å². The average molecular weight is 306 g/mol. The fraction of sp³-hybridized carbons (Fsp3) is 0.600. The minimum Gasteiger partial charge on any atom is -0.481 e. The predicted molar refractivity (Wildman–Crippen MR) is 68.7 cm³/mol. The maximum Gasteiger partial charge on any atom is 0.308 e. The summed E-state index contributed by atoms with van der Waals surface area (Å²) < 4.78 is 25.8. The van der Waals surface area contributed by atoms with Crippen molar-refractivity contribution in [3.63, 3.8) is 0 Å². The second kappa shape index (κ2) is 4.73. The summed E-state index contributed by atoms with van der Waals surface area (Å²) in [5.74, 6) is -1.95. The van der Waals surface area contributed by atoms with E-state index >= 15 is 0 Å². The molecule has 1 saturated heterocycles. The minimum absolute atomic E-state index is 0.0317. The molecule has 0 aliphatic carbocycles. The minimum atomic E-state index is -3.79. The zero-order chi connectivity index (χ0) is 14.4. The Kier molecular flexibility index (Phi) is 3.54. The molecule has 0 unspecified atom stereocenters. The maximum absolute atomic E-state index is 12.4. The van der Waals surface area contributed by atoms with Crippen molar-refractivity contribution in [1.82, 2.24) is 9.29 Å². The zero-order valence-electron chi connectivity index (χ0n) is 10.4. The summed E-state index contributed by atoms with van der Waals surface area (Å²) >= 11 is 0.631. The number of aryl methyl sites for hydroxylation is 1. The third-order valence-corrected chi connectivity index (χ3v) is 6.67. The SMILES string of the molecule is Cc1[nH]c(=O)sc1S(=O)(=O)N1C[C@@H](C)[C@H](C(=O)O)C1. The fourth-order valence-corrected chi connectivity index (χ4v) is 5.20. The topological polar surface area (TPSA) is 108 Å². The van der Waals surface area contributed by atoms with Gasteiger partial charge >= 0.3 is 10.8 Å². The Balaban J connectivity index is 2.35. The summed E-state index contributed by atoms with van der Waals surface area (Å²) in [6, 6.07) is 0. The molecule has 0 radical (unpaired) electrons. The van der Waals surface area contributed by atoms with Gasteiger partial charge in [0, 0.05) is 18.8 Å². The van der Waals surface area contributed by atoms with Gasteiger partial charge in [-0.15, -0.1) is 0 Å². The quantitative estimate of drug-likeness (QED) is 0.822. The van der Waals surface area contributed by atoms with E-state index in [-0.39, 0.29) is 23.2 Å². The number of H-pyrrole nitrogens is 1. The van der Waals surface area contributed by atoms with Crippen LogP contribution in [0.2, 0.25) is 0 Å². The van der Waals surface area contributed by atoms with E-state index in [1.54, 1.807) is 6.92 Å². The molecule has 7 nitrogen and oxygen atoms in total. The number of hydrogen-bond acceptors (Lipinski definition) is 5. The third kappa shape index (κ3) is 2.45. The van der Waals surface area contributed by atoms with Gasteiger partial charge in [0.1, 0.15) is 0 Å². The molecule has 2 N–H and O–H groups in total. The summed E-state index contributed by atoms with van der Waals surface area (Å²) in [7, 11) is -3.79. The molecule has 19 heavy (non-hydrogen) atoms. The lowest BCUT2D eigenvalue weighted by molar-refractivity contribution is -0.142. The van der Waals surface area contributed by atoms with Gasteiger partial charge in [-0.25, -0.2) is 8.42 Å². The van der Waals surface area contributed by atoms with E-state index in [2.05, 4.69) is 4.98 Å². The Labute approximate surface area is 113 Å². The number of rotatable bonds is 3. The number of nitrogens with one attached hydrogen (secondary N) is 1. The highest BCUT2D eigenvalue weighted by Gasteiger charge is 2.41. The van der Waals surface area contributed by atoms with Crippen LogP contribution in [-0.2, 0) is 14.8 Å². The van der Waals surface area contributed by atoms with Crippen molar-refractivity contribution < 1.29 is 18.3 Å². The lowest BCUT2D eigenvalue weighted by atomic mass is 9.99. The van der Waals surface area contributed by atoms with Gasteiger partial charge in [0.25, 0.3) is 10.0 Å². The molecule has 2 heterocycles. The van der Waals surface area contributed by atoms with Crippen LogP contribution in [0.5, 0.6) is 0 Å². The summed E-state index contributed by atoms with van der Waals surface area (Å²) in [6.07, 6.45) is 0. The second-order valence-electron chi connectivity index (χ2n) is 4.67. The number of carbonyl (C=O) groups is 1. The van der Waals surface area contributed by atoms with Crippen LogP contribution in [0.25, 0.3) is 0 Å². The highest BCUT2D eigenvalue weighted by Crippen LogP contribution is 2.30. The number of carboxylic acids is 1. The molecule has 1 fully saturated rings. The second-order valence-corrected chi connectivity index (χ2v) is 7.79. The Morgan fingerprint density at radius 1 is 1.47 bits per heavy atom.